The monoisotopic (exact) mass is 280 g/mol. The smallest absolute Gasteiger partial charge is 0.389 e. The molecule has 0 aliphatic carbocycles. The van der Waals surface area contributed by atoms with Crippen molar-refractivity contribution < 1.29 is 27.5 Å². The molecule has 0 spiro atoms. The number of alkyl halides is 3. The van der Waals surface area contributed by atoms with Crippen molar-refractivity contribution in [2.75, 3.05) is 11.9 Å². The van der Waals surface area contributed by atoms with Gasteiger partial charge in [-0.25, -0.2) is 14.2 Å². The molecule has 0 atom stereocenters. The first-order chi connectivity index (χ1) is 8.79. The quantitative estimate of drug-likeness (QED) is 0.621. The van der Waals surface area contributed by atoms with Crippen LogP contribution in [0.2, 0.25) is 0 Å². The summed E-state index contributed by atoms with van der Waals surface area (Å²) in [5.41, 5.74) is -0.351. The van der Waals surface area contributed by atoms with Gasteiger partial charge in [0, 0.05) is 13.0 Å². The maximum Gasteiger partial charge on any atom is 0.389 e. The van der Waals surface area contributed by atoms with Crippen LogP contribution in [0.5, 0.6) is 0 Å². The van der Waals surface area contributed by atoms with E-state index in [1.165, 1.54) is 0 Å². The van der Waals surface area contributed by atoms with E-state index in [9.17, 15) is 22.4 Å². The van der Waals surface area contributed by atoms with Crippen LogP contribution in [0.1, 0.15) is 29.6 Å². The number of hydrogen-bond donors (Lipinski definition) is 2. The lowest BCUT2D eigenvalue weighted by molar-refractivity contribution is -0.135. The number of hydrogen-bond acceptors (Lipinski definition) is 3. The van der Waals surface area contributed by atoms with E-state index in [-0.39, 0.29) is 30.8 Å². The number of unbranched alkanes of at least 4 members (excludes halogenated alkanes) is 1. The van der Waals surface area contributed by atoms with Crippen LogP contribution in [0.4, 0.5) is 23.4 Å². The lowest BCUT2D eigenvalue weighted by Crippen LogP contribution is -2.11. The molecule has 0 saturated heterocycles. The van der Waals surface area contributed by atoms with Crippen LogP contribution in [0.25, 0.3) is 0 Å². The van der Waals surface area contributed by atoms with Crippen LogP contribution in [-0.2, 0) is 0 Å². The molecule has 0 saturated carbocycles. The number of aromatic carboxylic acids is 1. The number of carboxylic acid groups (broad SMARTS) is 1. The highest BCUT2D eigenvalue weighted by Gasteiger charge is 2.25. The summed E-state index contributed by atoms with van der Waals surface area (Å²) < 4.78 is 48.4. The van der Waals surface area contributed by atoms with Gasteiger partial charge in [-0.1, -0.05) is 0 Å². The first-order valence-corrected chi connectivity index (χ1v) is 5.49. The van der Waals surface area contributed by atoms with E-state index in [0.717, 1.165) is 12.3 Å². The Bertz CT molecular complexity index is 449. The number of aromatic nitrogens is 1. The molecule has 1 aromatic heterocycles. The number of nitrogens with zero attached hydrogens (tertiary/aromatic N) is 1. The highest BCUT2D eigenvalue weighted by Crippen LogP contribution is 2.22. The highest BCUT2D eigenvalue weighted by atomic mass is 19.4. The van der Waals surface area contributed by atoms with Crippen molar-refractivity contribution >= 4 is 11.8 Å². The molecule has 0 radical (unpaired) electrons. The molecule has 1 aromatic rings. The summed E-state index contributed by atoms with van der Waals surface area (Å²) in [5, 5.41) is 11.4. The molecule has 0 aromatic carbocycles. The second kappa shape index (κ2) is 6.35. The van der Waals surface area contributed by atoms with Gasteiger partial charge in [0.1, 0.15) is 17.2 Å². The molecule has 0 aliphatic heterocycles. The van der Waals surface area contributed by atoms with Crippen molar-refractivity contribution in [3.05, 3.63) is 23.6 Å². The minimum atomic E-state index is -4.19. The second-order valence-electron chi connectivity index (χ2n) is 3.85. The highest BCUT2D eigenvalue weighted by molar-refractivity contribution is 5.93. The zero-order valence-electron chi connectivity index (χ0n) is 9.80. The van der Waals surface area contributed by atoms with Crippen molar-refractivity contribution in [1.29, 1.82) is 0 Å². The fourth-order valence-corrected chi connectivity index (χ4v) is 1.40. The van der Waals surface area contributed by atoms with Crippen molar-refractivity contribution in [3.63, 3.8) is 0 Å². The number of carbonyl (C=O) groups is 1. The predicted octanol–water partition coefficient (Wildman–Crippen LogP) is 3.06. The lowest BCUT2D eigenvalue weighted by atomic mass is 10.2. The van der Waals surface area contributed by atoms with Crippen LogP contribution in [0.15, 0.2) is 12.3 Å². The molecule has 0 bridgehead atoms. The molecule has 1 heterocycles. The molecule has 1 rings (SSSR count). The normalized spacial score (nSPS) is 11.4. The number of carboxylic acids is 1. The van der Waals surface area contributed by atoms with Gasteiger partial charge in [0.25, 0.3) is 0 Å². The van der Waals surface area contributed by atoms with Crippen LogP contribution >= 0.6 is 0 Å². The molecule has 4 nitrogen and oxygen atoms in total. The van der Waals surface area contributed by atoms with Gasteiger partial charge in [-0.05, 0) is 18.9 Å². The Labute approximate surface area is 106 Å². The standard InChI is InChI=1S/C11H12F4N2O2/c12-7-5-8(10(18)19)9(17-6-7)16-4-2-1-3-11(13,14)15/h5-6H,1-4H2,(H,16,17)(H,18,19). The van der Waals surface area contributed by atoms with Crippen molar-refractivity contribution in [1.82, 2.24) is 4.98 Å². The summed E-state index contributed by atoms with van der Waals surface area (Å²) in [6.07, 6.45) is -4.11. The van der Waals surface area contributed by atoms with Crippen LogP contribution < -0.4 is 5.32 Å². The summed E-state index contributed by atoms with van der Waals surface area (Å²) in [7, 11) is 0. The van der Waals surface area contributed by atoms with Gasteiger partial charge in [0.15, 0.2) is 0 Å². The average Bonchev–Trinajstić information content (AvgIpc) is 2.28. The van der Waals surface area contributed by atoms with Crippen molar-refractivity contribution in [2.24, 2.45) is 0 Å². The summed E-state index contributed by atoms with van der Waals surface area (Å²) in [6.45, 7) is 0.134. The Kier molecular flexibility index (Phi) is 5.08. The largest absolute Gasteiger partial charge is 0.478 e. The summed E-state index contributed by atoms with van der Waals surface area (Å²) >= 11 is 0. The van der Waals surface area contributed by atoms with E-state index >= 15 is 0 Å². The van der Waals surface area contributed by atoms with Gasteiger partial charge < -0.3 is 10.4 Å². The lowest BCUT2D eigenvalue weighted by Gasteiger charge is -2.09. The Hall–Kier alpha value is -1.86. The van der Waals surface area contributed by atoms with E-state index in [2.05, 4.69) is 10.3 Å². The zero-order chi connectivity index (χ0) is 14.5. The summed E-state index contributed by atoms with van der Waals surface area (Å²) in [5.74, 6) is -2.20. The molecule has 0 aliphatic rings. The average molecular weight is 280 g/mol. The molecule has 106 valence electrons. The van der Waals surface area contributed by atoms with E-state index in [4.69, 9.17) is 5.11 Å². The van der Waals surface area contributed by atoms with Crippen molar-refractivity contribution in [2.45, 2.75) is 25.4 Å². The summed E-state index contributed by atoms with van der Waals surface area (Å²) in [4.78, 5) is 14.4. The fraction of sp³-hybridized carbons (Fsp3) is 0.455. The molecule has 8 heteroatoms. The topological polar surface area (TPSA) is 62.2 Å². The number of anilines is 1. The Morgan fingerprint density at radius 3 is 2.63 bits per heavy atom. The molecule has 0 amide bonds. The van der Waals surface area contributed by atoms with Crippen molar-refractivity contribution in [3.8, 4) is 0 Å². The SMILES string of the molecule is O=C(O)c1cc(F)cnc1NCCCCC(F)(F)F. The third-order valence-corrected chi connectivity index (χ3v) is 2.26. The Morgan fingerprint density at radius 2 is 2.05 bits per heavy atom. The van der Waals surface area contributed by atoms with E-state index in [0.29, 0.717) is 0 Å². The maximum absolute atomic E-state index is 12.8. The molecular weight excluding hydrogens is 268 g/mol. The Morgan fingerprint density at radius 1 is 1.37 bits per heavy atom. The number of pyridine rings is 1. The van der Waals surface area contributed by atoms with E-state index in [1.54, 1.807) is 0 Å². The van der Waals surface area contributed by atoms with Gasteiger partial charge in [0.05, 0.1) is 6.20 Å². The number of nitrogens with one attached hydrogen (secondary N) is 1. The first kappa shape index (κ1) is 15.2. The predicted molar refractivity (Wildman–Crippen MR) is 59.6 cm³/mol. The minimum Gasteiger partial charge on any atom is -0.478 e. The number of rotatable bonds is 6. The molecule has 2 N–H and O–H groups in total. The van der Waals surface area contributed by atoms with E-state index in [1.807, 2.05) is 0 Å². The fourth-order valence-electron chi connectivity index (χ4n) is 1.40. The van der Waals surface area contributed by atoms with Crippen LogP contribution in [0.3, 0.4) is 0 Å². The van der Waals surface area contributed by atoms with E-state index < -0.39 is 24.4 Å². The second-order valence-corrected chi connectivity index (χ2v) is 3.85. The van der Waals surface area contributed by atoms with Crippen LogP contribution in [0, 0.1) is 5.82 Å². The Balaban J connectivity index is 2.47. The van der Waals surface area contributed by atoms with Gasteiger partial charge in [0.2, 0.25) is 0 Å². The van der Waals surface area contributed by atoms with Gasteiger partial charge in [-0.3, -0.25) is 0 Å². The minimum absolute atomic E-state index is 0.0547. The molecule has 0 fully saturated rings. The zero-order valence-corrected chi connectivity index (χ0v) is 9.80. The summed E-state index contributed by atoms with van der Waals surface area (Å²) in [6, 6.07) is 0.799. The van der Waals surface area contributed by atoms with Gasteiger partial charge in [-0.15, -0.1) is 0 Å². The number of halogens is 4. The third-order valence-electron chi connectivity index (χ3n) is 2.26. The maximum atomic E-state index is 12.8. The molecular formula is C11H12F4N2O2. The third kappa shape index (κ3) is 5.54. The van der Waals surface area contributed by atoms with Crippen LogP contribution in [-0.4, -0.2) is 28.8 Å². The molecule has 0 unspecified atom stereocenters. The first-order valence-electron chi connectivity index (χ1n) is 5.49. The van der Waals surface area contributed by atoms with Gasteiger partial charge >= 0.3 is 12.1 Å². The van der Waals surface area contributed by atoms with Gasteiger partial charge in [-0.2, -0.15) is 13.2 Å². The molecule has 19 heavy (non-hydrogen) atoms.